The Morgan fingerprint density at radius 1 is 1.11 bits per heavy atom. The van der Waals surface area contributed by atoms with Gasteiger partial charge in [-0.05, 0) is 29.7 Å². The lowest BCUT2D eigenvalue weighted by molar-refractivity contribution is 0.379. The summed E-state index contributed by atoms with van der Waals surface area (Å²) in [6, 6.07) is 8.23. The zero-order chi connectivity index (χ0) is 19.5. The average Bonchev–Trinajstić information content (AvgIpc) is 3.31. The maximum atomic E-state index is 6.23. The Kier molecular flexibility index (Phi) is 5.06. The monoisotopic (exact) mass is 376 g/mol. The van der Waals surface area contributed by atoms with Crippen LogP contribution in [0.1, 0.15) is 31.7 Å². The number of rotatable bonds is 7. The Morgan fingerprint density at radius 2 is 1.96 bits per heavy atom. The summed E-state index contributed by atoms with van der Waals surface area (Å²) in [6.07, 6.45) is 7.92. The number of aromatic nitrogens is 5. The van der Waals surface area contributed by atoms with Gasteiger partial charge < -0.3 is 10.3 Å². The minimum absolute atomic E-state index is 0.486. The van der Waals surface area contributed by atoms with Gasteiger partial charge >= 0.3 is 0 Å². The highest BCUT2D eigenvalue weighted by molar-refractivity contribution is 5.84. The van der Waals surface area contributed by atoms with Crippen LogP contribution in [0.15, 0.2) is 47.4 Å². The molecule has 0 saturated heterocycles. The van der Waals surface area contributed by atoms with Gasteiger partial charge in [0.25, 0.3) is 0 Å². The fourth-order valence-corrected chi connectivity index (χ4v) is 3.21. The van der Waals surface area contributed by atoms with E-state index in [0.717, 1.165) is 24.8 Å². The number of anilines is 1. The molecule has 3 aromatic heterocycles. The van der Waals surface area contributed by atoms with Crippen molar-refractivity contribution in [3.05, 3.63) is 54.3 Å². The first kappa shape index (κ1) is 18.2. The van der Waals surface area contributed by atoms with Crippen LogP contribution < -0.4 is 5.73 Å². The predicted octanol–water partition coefficient (Wildman–Crippen LogP) is 3.89. The summed E-state index contributed by atoms with van der Waals surface area (Å²) >= 11 is 0. The topological polar surface area (TPSA) is 95.6 Å². The molecule has 0 atom stereocenters. The molecule has 0 bridgehead atoms. The van der Waals surface area contributed by atoms with Gasteiger partial charge in [-0.15, -0.1) is 0 Å². The fourth-order valence-electron chi connectivity index (χ4n) is 3.21. The number of nitrogens with zero attached hydrogens (tertiary/aromatic N) is 5. The van der Waals surface area contributed by atoms with Gasteiger partial charge in [0.15, 0.2) is 0 Å². The van der Waals surface area contributed by atoms with Crippen molar-refractivity contribution in [1.82, 2.24) is 24.9 Å². The van der Waals surface area contributed by atoms with Crippen molar-refractivity contribution in [2.24, 2.45) is 5.92 Å². The third-order valence-electron chi connectivity index (χ3n) is 4.87. The first-order valence-corrected chi connectivity index (χ1v) is 9.57. The van der Waals surface area contributed by atoms with Gasteiger partial charge in [0.05, 0.1) is 11.8 Å². The summed E-state index contributed by atoms with van der Waals surface area (Å²) in [5.41, 5.74) is 8.11. The quantitative estimate of drug-likeness (QED) is 0.526. The van der Waals surface area contributed by atoms with E-state index in [0.29, 0.717) is 35.4 Å². The van der Waals surface area contributed by atoms with Crippen LogP contribution in [-0.4, -0.2) is 24.9 Å². The van der Waals surface area contributed by atoms with Crippen LogP contribution in [0, 0.1) is 5.92 Å². The lowest BCUT2D eigenvalue weighted by Gasteiger charge is -2.06. The second-order valence-corrected chi connectivity index (χ2v) is 7.38. The van der Waals surface area contributed by atoms with E-state index in [9.17, 15) is 0 Å². The summed E-state index contributed by atoms with van der Waals surface area (Å²) in [5, 5.41) is 10.8. The molecule has 144 valence electrons. The van der Waals surface area contributed by atoms with E-state index < -0.39 is 0 Å². The number of pyridine rings is 1. The van der Waals surface area contributed by atoms with Crippen molar-refractivity contribution >= 4 is 16.6 Å². The third kappa shape index (κ3) is 3.74. The zero-order valence-corrected chi connectivity index (χ0v) is 16.2. The summed E-state index contributed by atoms with van der Waals surface area (Å²) < 4.78 is 7.24. The minimum atomic E-state index is 0.486. The number of aryl methyl sites for hydroxylation is 3. The van der Waals surface area contributed by atoms with Crippen LogP contribution in [-0.2, 0) is 19.4 Å². The van der Waals surface area contributed by atoms with Crippen molar-refractivity contribution < 1.29 is 4.52 Å². The molecule has 0 amide bonds. The van der Waals surface area contributed by atoms with Crippen LogP contribution in [0.5, 0.6) is 0 Å². The summed E-state index contributed by atoms with van der Waals surface area (Å²) in [6.45, 7) is 5.14. The molecule has 28 heavy (non-hydrogen) atoms. The second kappa shape index (κ2) is 7.80. The average molecular weight is 376 g/mol. The SMILES string of the molecule is CC(C)CCn1ncc(-c2noc(CCc3cncc4ccccc34)n2)c1N. The fraction of sp³-hybridized carbons (Fsp3) is 0.333. The largest absolute Gasteiger partial charge is 0.383 e. The first-order chi connectivity index (χ1) is 13.6. The number of nitrogen functional groups attached to an aromatic ring is 1. The van der Waals surface area contributed by atoms with E-state index in [-0.39, 0.29) is 0 Å². The maximum absolute atomic E-state index is 6.23. The highest BCUT2D eigenvalue weighted by atomic mass is 16.5. The van der Waals surface area contributed by atoms with E-state index >= 15 is 0 Å². The minimum Gasteiger partial charge on any atom is -0.383 e. The van der Waals surface area contributed by atoms with Gasteiger partial charge in [0.2, 0.25) is 11.7 Å². The normalized spacial score (nSPS) is 11.5. The first-order valence-electron chi connectivity index (χ1n) is 9.57. The number of nitrogens with two attached hydrogens (primary N) is 1. The summed E-state index contributed by atoms with van der Waals surface area (Å²) in [4.78, 5) is 8.84. The lowest BCUT2D eigenvalue weighted by Crippen LogP contribution is -2.07. The highest BCUT2D eigenvalue weighted by Crippen LogP contribution is 2.24. The van der Waals surface area contributed by atoms with E-state index in [2.05, 4.69) is 46.2 Å². The molecule has 1 aromatic carbocycles. The lowest BCUT2D eigenvalue weighted by atomic mass is 10.0. The summed E-state index contributed by atoms with van der Waals surface area (Å²) in [5.74, 6) is 2.23. The molecule has 2 N–H and O–H groups in total. The molecule has 0 fully saturated rings. The maximum Gasteiger partial charge on any atom is 0.227 e. The third-order valence-corrected chi connectivity index (χ3v) is 4.87. The van der Waals surface area contributed by atoms with Crippen molar-refractivity contribution in [3.63, 3.8) is 0 Å². The molecule has 7 nitrogen and oxygen atoms in total. The molecule has 0 aliphatic carbocycles. The Morgan fingerprint density at radius 3 is 2.82 bits per heavy atom. The van der Waals surface area contributed by atoms with Crippen LogP contribution in [0.3, 0.4) is 0 Å². The zero-order valence-electron chi connectivity index (χ0n) is 16.2. The van der Waals surface area contributed by atoms with E-state index in [4.69, 9.17) is 10.3 Å². The van der Waals surface area contributed by atoms with E-state index in [1.54, 1.807) is 10.9 Å². The number of benzene rings is 1. The van der Waals surface area contributed by atoms with E-state index in [1.807, 2.05) is 24.5 Å². The van der Waals surface area contributed by atoms with Crippen molar-refractivity contribution in [1.29, 1.82) is 0 Å². The van der Waals surface area contributed by atoms with Gasteiger partial charge in [0.1, 0.15) is 5.82 Å². The molecule has 0 aliphatic heterocycles. The Balaban J connectivity index is 1.48. The van der Waals surface area contributed by atoms with Gasteiger partial charge in [-0.1, -0.05) is 43.3 Å². The highest BCUT2D eigenvalue weighted by Gasteiger charge is 2.16. The van der Waals surface area contributed by atoms with Crippen LogP contribution >= 0.6 is 0 Å². The van der Waals surface area contributed by atoms with Crippen LogP contribution in [0.25, 0.3) is 22.2 Å². The number of hydrogen-bond donors (Lipinski definition) is 1. The van der Waals surface area contributed by atoms with Gasteiger partial charge in [-0.3, -0.25) is 4.98 Å². The van der Waals surface area contributed by atoms with Crippen molar-refractivity contribution in [2.75, 3.05) is 5.73 Å². The predicted molar refractivity (Wildman–Crippen MR) is 109 cm³/mol. The Hall–Kier alpha value is -3.22. The Labute approximate surface area is 163 Å². The van der Waals surface area contributed by atoms with E-state index in [1.165, 1.54) is 10.9 Å². The standard InChI is InChI=1S/C21H24N6O/c1-14(2)9-10-27-20(22)18(13-24-27)21-25-19(28-26-21)8-7-16-12-23-11-15-5-3-4-6-17(15)16/h3-6,11-14H,7-10,22H2,1-2H3. The molecule has 4 rings (SSSR count). The molecule has 3 heterocycles. The molecule has 0 spiro atoms. The van der Waals surface area contributed by atoms with Gasteiger partial charge in [0, 0.05) is 30.7 Å². The molecule has 0 saturated carbocycles. The smallest absolute Gasteiger partial charge is 0.227 e. The summed E-state index contributed by atoms with van der Waals surface area (Å²) in [7, 11) is 0. The molecular weight excluding hydrogens is 352 g/mol. The molecular formula is C21H24N6O. The van der Waals surface area contributed by atoms with Crippen LogP contribution in [0.4, 0.5) is 5.82 Å². The molecule has 7 heteroatoms. The molecule has 0 aliphatic rings. The van der Waals surface area contributed by atoms with Crippen LogP contribution in [0.2, 0.25) is 0 Å². The number of hydrogen-bond acceptors (Lipinski definition) is 6. The Bertz CT molecular complexity index is 1080. The van der Waals surface area contributed by atoms with Crippen molar-refractivity contribution in [2.45, 2.75) is 39.7 Å². The van der Waals surface area contributed by atoms with Gasteiger partial charge in [-0.25, -0.2) is 4.68 Å². The molecule has 4 aromatic rings. The second-order valence-electron chi connectivity index (χ2n) is 7.38. The van der Waals surface area contributed by atoms with Crippen molar-refractivity contribution in [3.8, 4) is 11.4 Å². The molecule has 0 unspecified atom stereocenters. The number of fused-ring (bicyclic) bond motifs is 1. The van der Waals surface area contributed by atoms with Gasteiger partial charge in [-0.2, -0.15) is 10.1 Å². The molecule has 0 radical (unpaired) electrons.